The molecule has 0 aliphatic carbocycles. The summed E-state index contributed by atoms with van der Waals surface area (Å²) in [5, 5.41) is 15.9. The molecule has 0 aliphatic heterocycles. The van der Waals surface area contributed by atoms with Crippen LogP contribution in [-0.4, -0.2) is 35.5 Å². The van der Waals surface area contributed by atoms with Crippen LogP contribution in [0.25, 0.3) is 0 Å². The topological polar surface area (TPSA) is 110 Å². The summed E-state index contributed by atoms with van der Waals surface area (Å²) in [6.07, 6.45) is -0.853. The molecule has 4 N–H and O–H groups in total. The third kappa shape index (κ3) is 17.9. The molecule has 0 aromatic carbocycles. The lowest BCUT2D eigenvalue weighted by atomic mass is 10.4. The molecule has 13 heavy (non-hydrogen) atoms. The van der Waals surface area contributed by atoms with E-state index in [1.165, 1.54) is 6.92 Å². The Kier molecular flexibility index (Phi) is 9.19. The molecule has 0 aromatic heterocycles. The Morgan fingerprint density at radius 1 is 1.54 bits per heavy atom. The standard InChI is InChI=1S/C4H6O2.C3H7NO3/c1-3(2)4(5)6;4-3(6)7-2-1-5/h1H2,2H3,(H,5,6);5H,1-2H2,(H2,4,6). The van der Waals surface area contributed by atoms with E-state index >= 15 is 0 Å². The molecule has 1 amide bonds. The van der Waals surface area contributed by atoms with Gasteiger partial charge in [0.25, 0.3) is 0 Å². The van der Waals surface area contributed by atoms with E-state index in [0.29, 0.717) is 0 Å². The summed E-state index contributed by atoms with van der Waals surface area (Å²) in [6.45, 7) is 4.41. The van der Waals surface area contributed by atoms with Crippen molar-refractivity contribution in [3.8, 4) is 0 Å². The van der Waals surface area contributed by atoms with Crippen molar-refractivity contribution >= 4 is 12.1 Å². The number of hydrogen-bond donors (Lipinski definition) is 3. The van der Waals surface area contributed by atoms with Crippen molar-refractivity contribution in [3.63, 3.8) is 0 Å². The second-order valence-electron chi connectivity index (χ2n) is 1.98. The third-order valence-corrected chi connectivity index (χ3v) is 0.701. The first-order chi connectivity index (χ1) is 5.91. The molecule has 0 unspecified atom stereocenters. The van der Waals surface area contributed by atoms with E-state index in [2.05, 4.69) is 17.0 Å². The number of carbonyl (C=O) groups excluding carboxylic acids is 1. The maximum absolute atomic E-state index is 9.65. The fourth-order valence-corrected chi connectivity index (χ4v) is 0.146. The summed E-state index contributed by atoms with van der Waals surface area (Å²) in [6, 6.07) is 0. The average molecular weight is 191 g/mol. The van der Waals surface area contributed by atoms with Crippen LogP contribution in [0.5, 0.6) is 0 Å². The number of aliphatic carboxylic acids is 1. The summed E-state index contributed by atoms with van der Waals surface area (Å²) in [5.74, 6) is -0.935. The van der Waals surface area contributed by atoms with Gasteiger partial charge < -0.3 is 20.7 Å². The third-order valence-electron chi connectivity index (χ3n) is 0.701. The molecule has 0 aliphatic rings. The molecule has 0 radical (unpaired) electrons. The number of carboxylic acids is 1. The van der Waals surface area contributed by atoms with Crippen LogP contribution in [-0.2, 0) is 9.53 Å². The predicted octanol–water partition coefficient (Wildman–Crippen LogP) is -0.279. The van der Waals surface area contributed by atoms with Crippen LogP contribution in [0.1, 0.15) is 6.92 Å². The molecule has 0 saturated carbocycles. The Morgan fingerprint density at radius 2 is 1.92 bits per heavy atom. The van der Waals surface area contributed by atoms with Gasteiger partial charge in [-0.15, -0.1) is 0 Å². The van der Waals surface area contributed by atoms with Crippen molar-refractivity contribution in [2.24, 2.45) is 5.73 Å². The molecule has 0 fully saturated rings. The van der Waals surface area contributed by atoms with Crippen LogP contribution in [0.3, 0.4) is 0 Å². The Hall–Kier alpha value is -1.56. The van der Waals surface area contributed by atoms with Crippen LogP contribution in [0, 0.1) is 0 Å². The zero-order chi connectivity index (χ0) is 10.9. The summed E-state index contributed by atoms with van der Waals surface area (Å²) in [4.78, 5) is 19.2. The van der Waals surface area contributed by atoms with Gasteiger partial charge in [-0.3, -0.25) is 0 Å². The minimum Gasteiger partial charge on any atom is -0.478 e. The van der Waals surface area contributed by atoms with Crippen molar-refractivity contribution in [2.45, 2.75) is 6.92 Å². The zero-order valence-corrected chi connectivity index (χ0v) is 7.32. The van der Waals surface area contributed by atoms with Gasteiger partial charge in [-0.05, 0) is 6.92 Å². The van der Waals surface area contributed by atoms with Crippen molar-refractivity contribution in [2.75, 3.05) is 13.2 Å². The lowest BCUT2D eigenvalue weighted by molar-refractivity contribution is -0.132. The SMILES string of the molecule is C=C(C)C(=O)O.NC(=O)OCCO. The fraction of sp³-hybridized carbons (Fsp3) is 0.429. The van der Waals surface area contributed by atoms with E-state index in [4.69, 9.17) is 10.2 Å². The number of hydrogen-bond acceptors (Lipinski definition) is 4. The highest BCUT2D eigenvalue weighted by Gasteiger charge is 1.90. The lowest BCUT2D eigenvalue weighted by Crippen LogP contribution is -2.15. The minimum absolute atomic E-state index is 0.0185. The molecule has 0 atom stereocenters. The average Bonchev–Trinajstić information content (AvgIpc) is 2.01. The first-order valence-electron chi connectivity index (χ1n) is 3.33. The summed E-state index contributed by atoms with van der Waals surface area (Å²) in [5.41, 5.74) is 4.68. The molecule has 6 heteroatoms. The molecular formula is C7H13NO5. The number of aliphatic hydroxyl groups is 1. The van der Waals surface area contributed by atoms with Crippen LogP contribution in [0.2, 0.25) is 0 Å². The number of aliphatic hydroxyl groups excluding tert-OH is 1. The molecular weight excluding hydrogens is 178 g/mol. The minimum atomic E-state index is -0.935. The van der Waals surface area contributed by atoms with Crippen LogP contribution in [0.15, 0.2) is 12.2 Å². The van der Waals surface area contributed by atoms with Gasteiger partial charge in [-0.25, -0.2) is 9.59 Å². The van der Waals surface area contributed by atoms with Gasteiger partial charge >= 0.3 is 12.1 Å². The van der Waals surface area contributed by atoms with E-state index < -0.39 is 12.1 Å². The van der Waals surface area contributed by atoms with Crippen molar-refractivity contribution in [1.29, 1.82) is 0 Å². The smallest absolute Gasteiger partial charge is 0.404 e. The largest absolute Gasteiger partial charge is 0.478 e. The Labute approximate surface area is 75.6 Å². The highest BCUT2D eigenvalue weighted by atomic mass is 16.6. The molecule has 0 heterocycles. The zero-order valence-electron chi connectivity index (χ0n) is 7.32. The monoisotopic (exact) mass is 191 g/mol. The van der Waals surface area contributed by atoms with Gasteiger partial charge in [0.2, 0.25) is 0 Å². The molecule has 76 valence electrons. The second kappa shape index (κ2) is 8.54. The predicted molar refractivity (Wildman–Crippen MR) is 45.1 cm³/mol. The number of nitrogens with two attached hydrogens (primary N) is 1. The van der Waals surface area contributed by atoms with Crippen LogP contribution < -0.4 is 5.73 Å². The molecule has 0 rings (SSSR count). The maximum atomic E-state index is 9.65. The van der Waals surface area contributed by atoms with Crippen LogP contribution >= 0.6 is 0 Å². The van der Waals surface area contributed by atoms with Gasteiger partial charge in [-0.2, -0.15) is 0 Å². The number of carboxylic acid groups (broad SMARTS) is 1. The van der Waals surface area contributed by atoms with Crippen LogP contribution in [0.4, 0.5) is 4.79 Å². The first-order valence-corrected chi connectivity index (χ1v) is 3.33. The normalized spacial score (nSPS) is 7.85. The Morgan fingerprint density at radius 3 is 2.00 bits per heavy atom. The molecule has 6 nitrogen and oxygen atoms in total. The van der Waals surface area contributed by atoms with E-state index in [9.17, 15) is 9.59 Å². The van der Waals surface area contributed by atoms with Gasteiger partial charge in [-0.1, -0.05) is 6.58 Å². The number of ether oxygens (including phenoxy) is 1. The lowest BCUT2D eigenvalue weighted by Gasteiger charge is -1.92. The van der Waals surface area contributed by atoms with E-state index in [0.717, 1.165) is 0 Å². The van der Waals surface area contributed by atoms with Crippen molar-refractivity contribution < 1.29 is 24.5 Å². The van der Waals surface area contributed by atoms with Gasteiger partial charge in [0.1, 0.15) is 6.61 Å². The van der Waals surface area contributed by atoms with Gasteiger partial charge in [0.05, 0.1) is 6.61 Å². The van der Waals surface area contributed by atoms with E-state index in [1.807, 2.05) is 0 Å². The maximum Gasteiger partial charge on any atom is 0.404 e. The van der Waals surface area contributed by atoms with Gasteiger partial charge in [0, 0.05) is 5.57 Å². The quantitative estimate of drug-likeness (QED) is 0.531. The molecule has 0 aromatic rings. The molecule has 0 spiro atoms. The second-order valence-corrected chi connectivity index (χ2v) is 1.98. The molecule has 0 bridgehead atoms. The van der Waals surface area contributed by atoms with Gasteiger partial charge in [0.15, 0.2) is 0 Å². The summed E-state index contributed by atoms with van der Waals surface area (Å²) < 4.78 is 4.08. The number of rotatable bonds is 3. The van der Waals surface area contributed by atoms with Crippen molar-refractivity contribution in [3.05, 3.63) is 12.2 Å². The summed E-state index contributed by atoms with van der Waals surface area (Å²) >= 11 is 0. The number of primary amides is 1. The van der Waals surface area contributed by atoms with E-state index in [-0.39, 0.29) is 18.8 Å². The highest BCUT2D eigenvalue weighted by molar-refractivity contribution is 5.84. The molecule has 0 saturated heterocycles. The fourth-order valence-electron chi connectivity index (χ4n) is 0.146. The summed E-state index contributed by atoms with van der Waals surface area (Å²) in [7, 11) is 0. The Bertz CT molecular complexity index is 177. The van der Waals surface area contributed by atoms with E-state index in [1.54, 1.807) is 0 Å². The number of carbonyl (C=O) groups is 2. The first kappa shape index (κ1) is 14.0. The van der Waals surface area contributed by atoms with Crippen molar-refractivity contribution in [1.82, 2.24) is 0 Å². The number of amides is 1. The Balaban J connectivity index is 0. The highest BCUT2D eigenvalue weighted by Crippen LogP contribution is 1.81.